The molecule has 37 heavy (non-hydrogen) atoms. The number of benzene rings is 2. The zero-order chi connectivity index (χ0) is 27.4. The van der Waals surface area contributed by atoms with Crippen LogP contribution in [0.4, 0.5) is 11.4 Å². The first-order valence-corrected chi connectivity index (χ1v) is 14.5. The van der Waals surface area contributed by atoms with Crippen molar-refractivity contribution in [2.75, 3.05) is 69.9 Å². The minimum absolute atomic E-state index is 0.106. The van der Waals surface area contributed by atoms with Crippen LogP contribution in [0.25, 0.3) is 0 Å². The Labute approximate surface area is 216 Å². The summed E-state index contributed by atoms with van der Waals surface area (Å²) in [6.07, 6.45) is 0.958. The number of methoxy groups -OCH3 is 1. The molecule has 2 amide bonds. The lowest BCUT2D eigenvalue weighted by Gasteiger charge is -2.27. The Morgan fingerprint density at radius 3 is 2.19 bits per heavy atom. The molecule has 1 heterocycles. The summed E-state index contributed by atoms with van der Waals surface area (Å²) in [4.78, 5) is 26.2. The topological polar surface area (TPSA) is 143 Å². The van der Waals surface area contributed by atoms with Crippen molar-refractivity contribution in [2.45, 2.75) is 4.90 Å². The second-order valence-corrected chi connectivity index (χ2v) is 12.3. The van der Waals surface area contributed by atoms with E-state index in [-0.39, 0.29) is 54.2 Å². The number of hydrogen-bond acceptors (Lipinski definition) is 8. The largest absolute Gasteiger partial charge is 0.495 e. The molecule has 0 spiro atoms. The van der Waals surface area contributed by atoms with Gasteiger partial charge in [0.15, 0.2) is 0 Å². The van der Waals surface area contributed by atoms with E-state index in [2.05, 4.69) is 5.32 Å². The SMILES string of the molecule is COc1ccc(NC(=O)CN(c2ccc(C(=O)N(C)C)cc2)S(C)(=O)=O)cc1S(=O)(=O)N1CCOCC1. The molecule has 12 nitrogen and oxygen atoms in total. The number of amides is 2. The molecule has 0 radical (unpaired) electrons. The van der Waals surface area contributed by atoms with Crippen molar-refractivity contribution in [3.63, 3.8) is 0 Å². The number of nitrogens with one attached hydrogen (secondary N) is 1. The van der Waals surface area contributed by atoms with Gasteiger partial charge in [0.2, 0.25) is 26.0 Å². The molecule has 0 bridgehead atoms. The zero-order valence-electron chi connectivity index (χ0n) is 21.0. The van der Waals surface area contributed by atoms with Crippen molar-refractivity contribution in [1.29, 1.82) is 0 Å². The van der Waals surface area contributed by atoms with Gasteiger partial charge in [0, 0.05) is 38.4 Å². The molecular weight excluding hydrogens is 524 g/mol. The van der Waals surface area contributed by atoms with E-state index in [4.69, 9.17) is 9.47 Å². The fourth-order valence-corrected chi connectivity index (χ4v) is 6.09. The monoisotopic (exact) mass is 554 g/mol. The van der Waals surface area contributed by atoms with Crippen LogP contribution in [-0.2, 0) is 29.6 Å². The van der Waals surface area contributed by atoms with Gasteiger partial charge in [-0.2, -0.15) is 4.31 Å². The Hall–Kier alpha value is -3.20. The fraction of sp³-hybridized carbons (Fsp3) is 0.391. The predicted molar refractivity (Wildman–Crippen MR) is 138 cm³/mol. The highest BCUT2D eigenvalue weighted by molar-refractivity contribution is 7.92. The Bertz CT molecular complexity index is 1350. The molecule has 3 rings (SSSR count). The predicted octanol–water partition coefficient (Wildman–Crippen LogP) is 0.823. The second kappa shape index (κ2) is 11.5. The Morgan fingerprint density at radius 1 is 1.03 bits per heavy atom. The lowest BCUT2D eigenvalue weighted by Crippen LogP contribution is -2.40. The lowest BCUT2D eigenvalue weighted by molar-refractivity contribution is -0.114. The quantitative estimate of drug-likeness (QED) is 0.480. The number of ether oxygens (including phenoxy) is 2. The summed E-state index contributed by atoms with van der Waals surface area (Å²) in [5.74, 6) is -0.842. The first kappa shape index (κ1) is 28.4. The van der Waals surface area contributed by atoms with Gasteiger partial charge in [0.25, 0.3) is 5.91 Å². The molecule has 14 heteroatoms. The van der Waals surface area contributed by atoms with Crippen LogP contribution in [0, 0.1) is 0 Å². The minimum atomic E-state index is -3.93. The molecule has 2 aromatic rings. The van der Waals surface area contributed by atoms with Crippen LogP contribution in [0.2, 0.25) is 0 Å². The number of hydrogen-bond donors (Lipinski definition) is 1. The summed E-state index contributed by atoms with van der Waals surface area (Å²) >= 11 is 0. The van der Waals surface area contributed by atoms with Gasteiger partial charge in [-0.1, -0.05) is 0 Å². The molecule has 1 N–H and O–H groups in total. The summed E-state index contributed by atoms with van der Waals surface area (Å²) in [6, 6.07) is 9.96. The van der Waals surface area contributed by atoms with E-state index in [1.807, 2.05) is 0 Å². The van der Waals surface area contributed by atoms with Crippen molar-refractivity contribution in [1.82, 2.24) is 9.21 Å². The van der Waals surface area contributed by atoms with Crippen molar-refractivity contribution in [2.24, 2.45) is 0 Å². The van der Waals surface area contributed by atoms with Gasteiger partial charge in [-0.25, -0.2) is 16.8 Å². The number of rotatable bonds is 9. The van der Waals surface area contributed by atoms with Crippen molar-refractivity contribution < 1.29 is 35.9 Å². The smallest absolute Gasteiger partial charge is 0.253 e. The summed E-state index contributed by atoms with van der Waals surface area (Å²) in [5.41, 5.74) is 0.704. The summed E-state index contributed by atoms with van der Waals surface area (Å²) in [5, 5.41) is 2.56. The summed E-state index contributed by atoms with van der Waals surface area (Å²) < 4.78 is 63.9. The molecule has 1 aliphatic heterocycles. The van der Waals surface area contributed by atoms with Crippen LogP contribution in [0.5, 0.6) is 5.75 Å². The van der Waals surface area contributed by atoms with Crippen LogP contribution in [0.1, 0.15) is 10.4 Å². The van der Waals surface area contributed by atoms with E-state index in [1.165, 1.54) is 58.8 Å². The molecule has 0 aromatic heterocycles. The average Bonchev–Trinajstić information content (AvgIpc) is 2.86. The van der Waals surface area contributed by atoms with Gasteiger partial charge in [-0.05, 0) is 42.5 Å². The van der Waals surface area contributed by atoms with E-state index >= 15 is 0 Å². The highest BCUT2D eigenvalue weighted by atomic mass is 32.2. The molecule has 1 aliphatic rings. The summed E-state index contributed by atoms with van der Waals surface area (Å²) in [7, 11) is -3.26. The van der Waals surface area contributed by atoms with Gasteiger partial charge in [-0.3, -0.25) is 13.9 Å². The van der Waals surface area contributed by atoms with Crippen LogP contribution < -0.4 is 14.4 Å². The number of sulfonamides is 2. The van der Waals surface area contributed by atoms with Gasteiger partial charge < -0.3 is 19.7 Å². The maximum absolute atomic E-state index is 13.2. The summed E-state index contributed by atoms with van der Waals surface area (Å²) in [6.45, 7) is 0.333. The Morgan fingerprint density at radius 2 is 1.65 bits per heavy atom. The molecule has 0 aliphatic carbocycles. The first-order valence-electron chi connectivity index (χ1n) is 11.2. The van der Waals surface area contributed by atoms with Gasteiger partial charge in [0.1, 0.15) is 17.2 Å². The Kier molecular flexibility index (Phi) is 8.79. The number of carbonyl (C=O) groups excluding carboxylic acids is 2. The number of carbonyl (C=O) groups is 2. The Balaban J connectivity index is 1.83. The molecular formula is C23H30N4O8S2. The molecule has 0 atom stereocenters. The third kappa shape index (κ3) is 6.77. The van der Waals surface area contributed by atoms with Gasteiger partial charge >= 0.3 is 0 Å². The first-order chi connectivity index (χ1) is 17.3. The molecule has 1 fully saturated rings. The highest BCUT2D eigenvalue weighted by Gasteiger charge is 2.30. The van der Waals surface area contributed by atoms with Crippen molar-refractivity contribution in [3.8, 4) is 5.75 Å². The van der Waals surface area contributed by atoms with Crippen molar-refractivity contribution >= 4 is 43.2 Å². The van der Waals surface area contributed by atoms with Crippen LogP contribution in [0.15, 0.2) is 47.4 Å². The molecule has 1 saturated heterocycles. The third-order valence-electron chi connectivity index (χ3n) is 5.53. The van der Waals surface area contributed by atoms with E-state index in [1.54, 1.807) is 14.1 Å². The van der Waals surface area contributed by atoms with Gasteiger partial charge in [0.05, 0.1) is 32.3 Å². The van der Waals surface area contributed by atoms with Crippen LogP contribution >= 0.6 is 0 Å². The normalized spacial score (nSPS) is 14.6. The number of nitrogens with zero attached hydrogens (tertiary/aromatic N) is 3. The molecule has 2 aromatic carbocycles. The number of morpholine rings is 1. The zero-order valence-corrected chi connectivity index (χ0v) is 22.6. The maximum Gasteiger partial charge on any atom is 0.253 e. The highest BCUT2D eigenvalue weighted by Crippen LogP contribution is 2.30. The standard InChI is InChI=1S/C23H30N4O8S2/c1-25(2)23(29)17-5-8-19(9-6-17)27(36(4,30)31)16-22(28)24-18-7-10-20(34-3)21(15-18)37(32,33)26-11-13-35-14-12-26/h5-10,15H,11-14,16H2,1-4H3,(H,24,28). The lowest BCUT2D eigenvalue weighted by atomic mass is 10.2. The number of anilines is 2. The molecule has 202 valence electrons. The molecule has 0 unspecified atom stereocenters. The fourth-order valence-electron chi connectivity index (χ4n) is 3.64. The van der Waals surface area contributed by atoms with E-state index < -0.39 is 32.5 Å². The maximum atomic E-state index is 13.2. The third-order valence-corrected chi connectivity index (χ3v) is 8.59. The average molecular weight is 555 g/mol. The van der Waals surface area contributed by atoms with Gasteiger partial charge in [-0.15, -0.1) is 0 Å². The van der Waals surface area contributed by atoms with Crippen LogP contribution in [0.3, 0.4) is 0 Å². The van der Waals surface area contributed by atoms with E-state index in [9.17, 15) is 26.4 Å². The van der Waals surface area contributed by atoms with E-state index in [0.29, 0.717) is 5.56 Å². The van der Waals surface area contributed by atoms with Crippen molar-refractivity contribution in [3.05, 3.63) is 48.0 Å². The minimum Gasteiger partial charge on any atom is -0.495 e. The second-order valence-electron chi connectivity index (χ2n) is 8.45. The van der Waals surface area contributed by atoms with E-state index in [0.717, 1.165) is 10.6 Å². The molecule has 0 saturated carbocycles. The van der Waals surface area contributed by atoms with Crippen LogP contribution in [-0.4, -0.2) is 98.2 Å².